The number of nitrogens with one attached hydrogen (secondary N) is 1. The Balaban J connectivity index is 1.89. The molecule has 3 aromatic heterocycles. The number of halogens is 6. The molecule has 0 aliphatic rings. The Morgan fingerprint density at radius 1 is 1.00 bits per heavy atom. The summed E-state index contributed by atoms with van der Waals surface area (Å²) in [5.74, 6) is 0. The van der Waals surface area contributed by atoms with Gasteiger partial charge in [0.1, 0.15) is 0 Å². The van der Waals surface area contributed by atoms with Crippen LogP contribution in [-0.2, 0) is 12.4 Å². The molecule has 0 amide bonds. The Morgan fingerprint density at radius 3 is 2.28 bits per heavy atom. The van der Waals surface area contributed by atoms with Gasteiger partial charge < -0.3 is 0 Å². The number of rotatable bonds is 2. The molecule has 0 saturated heterocycles. The van der Waals surface area contributed by atoms with Gasteiger partial charge in [0.15, 0.2) is 5.65 Å². The molecule has 1 N–H and O–H groups in total. The molecule has 0 radical (unpaired) electrons. The van der Waals surface area contributed by atoms with Gasteiger partial charge in [0.25, 0.3) is 0 Å². The highest BCUT2D eigenvalue weighted by Crippen LogP contribution is 2.39. The van der Waals surface area contributed by atoms with Crippen molar-refractivity contribution in [2.45, 2.75) is 19.3 Å². The summed E-state index contributed by atoms with van der Waals surface area (Å²) in [4.78, 5) is 6.83. The van der Waals surface area contributed by atoms with Crippen LogP contribution < -0.4 is 0 Å². The van der Waals surface area contributed by atoms with Crippen LogP contribution in [0.15, 0.2) is 36.7 Å². The van der Waals surface area contributed by atoms with Gasteiger partial charge in [-0.25, -0.2) is 9.67 Å². The van der Waals surface area contributed by atoms with Gasteiger partial charge >= 0.3 is 12.4 Å². The molecule has 1 aromatic carbocycles. The normalized spacial score (nSPS) is 12.4. The molecule has 29 heavy (non-hydrogen) atoms. The number of H-pyrrole nitrogens is 1. The first kappa shape index (κ1) is 18.9. The number of nitrogens with zero attached hydrogens (tertiary/aromatic N) is 3. The van der Waals surface area contributed by atoms with Crippen molar-refractivity contribution in [1.82, 2.24) is 19.7 Å². The monoisotopic (exact) mass is 408 g/mol. The molecule has 0 aliphatic heterocycles. The van der Waals surface area contributed by atoms with E-state index < -0.39 is 23.5 Å². The minimum absolute atomic E-state index is 0.0975. The van der Waals surface area contributed by atoms with Crippen molar-refractivity contribution in [1.29, 1.82) is 0 Å². The van der Waals surface area contributed by atoms with E-state index in [1.807, 2.05) is 0 Å². The first-order valence-electron chi connectivity index (χ1n) is 8.16. The highest BCUT2D eigenvalue weighted by Gasteiger charge is 2.37. The molecule has 0 saturated carbocycles. The average Bonchev–Trinajstić information content (AvgIpc) is 3.26. The van der Waals surface area contributed by atoms with E-state index in [1.54, 1.807) is 6.07 Å². The van der Waals surface area contributed by atoms with E-state index in [0.29, 0.717) is 28.9 Å². The third kappa shape index (κ3) is 3.40. The maximum absolute atomic E-state index is 13.2. The van der Waals surface area contributed by atoms with E-state index in [4.69, 9.17) is 0 Å². The second-order valence-electron chi connectivity index (χ2n) is 6.30. The fourth-order valence-electron chi connectivity index (χ4n) is 2.99. The topological polar surface area (TPSA) is 46.5 Å². The molecule has 10 heteroatoms. The van der Waals surface area contributed by atoms with Crippen LogP contribution in [-0.4, -0.2) is 19.7 Å². The van der Waals surface area contributed by atoms with Crippen LogP contribution in [0.25, 0.3) is 27.8 Å². The van der Waals surface area contributed by atoms with Crippen molar-refractivity contribution in [2.24, 2.45) is 0 Å². The van der Waals surface area contributed by atoms with E-state index in [9.17, 15) is 26.3 Å². The number of hydrogen-bond donors (Lipinski definition) is 1. The Morgan fingerprint density at radius 2 is 1.66 bits per heavy atom. The van der Waals surface area contributed by atoms with Crippen LogP contribution in [0.5, 0.6) is 0 Å². The van der Waals surface area contributed by atoms with Crippen molar-refractivity contribution in [3.05, 3.63) is 65.7 Å². The predicted molar refractivity (Wildman–Crippen MR) is 91.1 cm³/mol. The Labute approximate surface area is 159 Å². The number of alkyl halides is 6. The highest BCUT2D eigenvalue weighted by molar-refractivity contribution is 5.83. The van der Waals surface area contributed by atoms with Crippen LogP contribution >= 0.6 is 0 Å². The molecule has 4 rings (SSSR count). The number of aromatic amines is 1. The molecule has 4 nitrogen and oxygen atoms in total. The minimum Gasteiger partial charge on any atom is -0.298 e. The zero-order valence-electron chi connectivity index (χ0n) is 14.6. The summed E-state index contributed by atoms with van der Waals surface area (Å²) in [5.41, 5.74) is -1.61. The molecule has 0 bridgehead atoms. The summed E-state index contributed by atoms with van der Waals surface area (Å²) in [7, 11) is 0. The third-order valence-electron chi connectivity index (χ3n) is 4.34. The maximum Gasteiger partial charge on any atom is 0.416 e. The Hall–Kier alpha value is -3.48. The van der Waals surface area contributed by atoms with E-state index >= 15 is 0 Å². The summed E-state index contributed by atoms with van der Waals surface area (Å²) in [6.45, 7) is 1.50. The number of aromatic nitrogens is 4. The van der Waals surface area contributed by atoms with Crippen LogP contribution in [0.3, 0.4) is 0 Å². The van der Waals surface area contributed by atoms with Crippen LogP contribution in [0.4, 0.5) is 26.3 Å². The summed E-state index contributed by atoms with van der Waals surface area (Å²) in [6.07, 6.45) is -4.34. The van der Waals surface area contributed by atoms with E-state index in [1.165, 1.54) is 24.0 Å². The van der Waals surface area contributed by atoms with Crippen molar-refractivity contribution in [3.8, 4) is 16.8 Å². The molecule has 3 heterocycles. The van der Waals surface area contributed by atoms with Gasteiger partial charge in [-0.2, -0.15) is 31.4 Å². The number of fused-ring (bicyclic) bond motifs is 1. The van der Waals surface area contributed by atoms with Gasteiger partial charge in [-0.3, -0.25) is 4.98 Å². The lowest BCUT2D eigenvalue weighted by atomic mass is 9.99. The van der Waals surface area contributed by atoms with Gasteiger partial charge in [0, 0.05) is 24.2 Å². The molecule has 0 aliphatic carbocycles. The van der Waals surface area contributed by atoms with E-state index in [-0.39, 0.29) is 22.9 Å². The van der Waals surface area contributed by atoms with Crippen LogP contribution in [0.1, 0.15) is 16.8 Å². The van der Waals surface area contributed by atoms with Crippen molar-refractivity contribution >= 4 is 11.0 Å². The minimum atomic E-state index is -4.92. The van der Waals surface area contributed by atoms with E-state index in [0.717, 1.165) is 0 Å². The largest absolute Gasteiger partial charge is 0.416 e. The SMILES string of the molecule is Cc1nn(-c2ccnc3[nH]c#cc23)cc1-c1cc(C(F)(F)F)cc(C(F)(F)F)c1. The summed E-state index contributed by atoms with van der Waals surface area (Å²) in [6, 6.07) is 5.88. The van der Waals surface area contributed by atoms with E-state index in [2.05, 4.69) is 27.3 Å². The number of benzene rings is 1. The molecule has 0 fully saturated rings. The maximum atomic E-state index is 13.2. The van der Waals surface area contributed by atoms with Gasteiger partial charge in [-0.05, 0) is 42.8 Å². The van der Waals surface area contributed by atoms with Crippen molar-refractivity contribution in [2.75, 3.05) is 0 Å². The number of hydrogen-bond acceptors (Lipinski definition) is 2. The van der Waals surface area contributed by atoms with Crippen LogP contribution in [0.2, 0.25) is 0 Å². The summed E-state index contributed by atoms with van der Waals surface area (Å²) < 4.78 is 80.3. The fourth-order valence-corrected chi connectivity index (χ4v) is 2.99. The van der Waals surface area contributed by atoms with Crippen molar-refractivity contribution < 1.29 is 26.3 Å². The van der Waals surface area contributed by atoms with Gasteiger partial charge in [0.05, 0.1) is 27.9 Å². The second-order valence-corrected chi connectivity index (χ2v) is 6.30. The first-order chi connectivity index (χ1) is 13.5. The molecule has 148 valence electrons. The molecule has 0 atom stereocenters. The second kappa shape index (κ2) is 6.27. The van der Waals surface area contributed by atoms with Gasteiger partial charge in [0.2, 0.25) is 0 Å². The lowest BCUT2D eigenvalue weighted by Crippen LogP contribution is -2.11. The zero-order valence-corrected chi connectivity index (χ0v) is 14.6. The Bertz CT molecular complexity index is 1170. The van der Waals surface area contributed by atoms with Crippen LogP contribution in [0, 0.1) is 19.2 Å². The summed E-state index contributed by atoms with van der Waals surface area (Å²) in [5, 5.41) is 4.78. The summed E-state index contributed by atoms with van der Waals surface area (Å²) >= 11 is 0. The molecule has 0 spiro atoms. The highest BCUT2D eigenvalue weighted by atomic mass is 19.4. The fraction of sp³-hybridized carbons (Fsp3) is 0.158. The van der Waals surface area contributed by atoms with Crippen molar-refractivity contribution in [3.63, 3.8) is 0 Å². The lowest BCUT2D eigenvalue weighted by Gasteiger charge is -2.14. The Kier molecular flexibility index (Phi) is 4.08. The molecular weight excluding hydrogens is 398 g/mol. The predicted octanol–water partition coefficient (Wildman–Crippen LogP) is 5.36. The molecule has 4 aromatic rings. The van der Waals surface area contributed by atoms with Gasteiger partial charge in [-0.1, -0.05) is 0 Å². The number of aryl methyl sites for hydroxylation is 1. The standard InChI is InChI=1S/C19H10F6N4/c1-10-15(9-29(28-10)16-3-5-27-17-14(16)2-4-26-17)11-6-12(18(20,21)22)8-13(7-11)19(23,24)25/h3,5-9H,1H3,(H,26,27). The smallest absolute Gasteiger partial charge is 0.298 e. The third-order valence-corrected chi connectivity index (χ3v) is 4.34. The lowest BCUT2D eigenvalue weighted by molar-refractivity contribution is -0.143. The molecule has 0 unspecified atom stereocenters. The average molecular weight is 408 g/mol. The first-order valence-corrected chi connectivity index (χ1v) is 8.16. The zero-order chi connectivity index (χ0) is 21.0. The quantitative estimate of drug-likeness (QED) is 0.454. The molecular formula is C19H10F6N4. The number of pyridine rings is 1. The van der Waals surface area contributed by atoms with Gasteiger partial charge in [-0.15, -0.1) is 0 Å².